The van der Waals surface area contributed by atoms with E-state index in [9.17, 15) is 14.4 Å². The molecule has 0 aliphatic carbocycles. The van der Waals surface area contributed by atoms with E-state index >= 15 is 0 Å². The number of methoxy groups -OCH3 is 1. The first-order chi connectivity index (χ1) is 21.4. The molecule has 0 saturated carbocycles. The quantitative estimate of drug-likeness (QED) is 0.222. The van der Waals surface area contributed by atoms with E-state index in [0.717, 1.165) is 11.1 Å². The minimum Gasteiger partial charge on any atom is -0.489 e. The van der Waals surface area contributed by atoms with Crippen LogP contribution in [0.2, 0.25) is 10.0 Å². The fourth-order valence-corrected chi connectivity index (χ4v) is 5.90. The van der Waals surface area contributed by atoms with Gasteiger partial charge in [0, 0.05) is 41.0 Å². The lowest BCUT2D eigenvalue weighted by molar-refractivity contribution is -0.161. The number of esters is 2. The molecule has 0 radical (unpaired) electrons. The van der Waals surface area contributed by atoms with Crippen molar-refractivity contribution in [2.45, 2.75) is 83.3 Å². The second-order valence-corrected chi connectivity index (χ2v) is 12.9. The molecule has 4 rings (SSSR count). The van der Waals surface area contributed by atoms with Crippen LogP contribution in [-0.4, -0.2) is 53.6 Å². The Bertz CT molecular complexity index is 1440. The molecular weight excluding hydrogens is 615 g/mol. The summed E-state index contributed by atoms with van der Waals surface area (Å²) in [5, 5.41) is 3.92. The normalized spacial score (nSPS) is 17.4. The fraction of sp³-hybridized carbons (Fsp3) is 0.400. The smallest absolute Gasteiger partial charge is 0.328 e. The van der Waals surface area contributed by atoms with Crippen molar-refractivity contribution in [2.75, 3.05) is 7.11 Å². The Kier molecular flexibility index (Phi) is 11.9. The molecule has 1 aliphatic heterocycles. The van der Waals surface area contributed by atoms with Crippen molar-refractivity contribution < 1.29 is 28.6 Å². The molecular formula is C35H40Cl2N2O6. The van der Waals surface area contributed by atoms with Gasteiger partial charge < -0.3 is 19.5 Å². The first kappa shape index (κ1) is 34.3. The molecule has 0 aromatic heterocycles. The summed E-state index contributed by atoms with van der Waals surface area (Å²) in [6, 6.07) is 20.8. The number of rotatable bonds is 12. The SMILES string of the molecule is COC(=O)C(Cc1ccc(OCc2c(Cl)cccc2Cl)cc1)NC(=O)CC1CCC(C(=O)OC(C)(C)C)N1Cc1ccccc1. The van der Waals surface area contributed by atoms with Gasteiger partial charge >= 0.3 is 11.9 Å². The molecule has 8 nitrogen and oxygen atoms in total. The summed E-state index contributed by atoms with van der Waals surface area (Å²) in [6.07, 6.45) is 1.58. The largest absolute Gasteiger partial charge is 0.489 e. The molecule has 10 heteroatoms. The lowest BCUT2D eigenvalue weighted by Crippen LogP contribution is -2.47. The van der Waals surface area contributed by atoms with E-state index in [1.54, 1.807) is 30.3 Å². The van der Waals surface area contributed by atoms with Gasteiger partial charge in [0.15, 0.2) is 0 Å². The van der Waals surface area contributed by atoms with E-state index < -0.39 is 23.7 Å². The van der Waals surface area contributed by atoms with Gasteiger partial charge in [0.25, 0.3) is 0 Å². The van der Waals surface area contributed by atoms with E-state index in [4.69, 9.17) is 37.4 Å². The van der Waals surface area contributed by atoms with Crippen LogP contribution in [0.4, 0.5) is 0 Å². The number of hydrogen-bond donors (Lipinski definition) is 1. The fourth-order valence-electron chi connectivity index (χ4n) is 5.40. The monoisotopic (exact) mass is 654 g/mol. The van der Waals surface area contributed by atoms with Crippen LogP contribution in [0.15, 0.2) is 72.8 Å². The van der Waals surface area contributed by atoms with Gasteiger partial charge in [-0.1, -0.05) is 71.7 Å². The van der Waals surface area contributed by atoms with Crippen LogP contribution < -0.4 is 10.1 Å². The average Bonchev–Trinajstić information content (AvgIpc) is 3.38. The second kappa shape index (κ2) is 15.6. The van der Waals surface area contributed by atoms with Crippen molar-refractivity contribution in [3.05, 3.63) is 99.5 Å². The zero-order valence-corrected chi connectivity index (χ0v) is 27.6. The topological polar surface area (TPSA) is 94.2 Å². The molecule has 1 fully saturated rings. The molecule has 1 heterocycles. The van der Waals surface area contributed by atoms with Gasteiger partial charge in [-0.3, -0.25) is 14.5 Å². The Labute approximate surface area is 274 Å². The number of likely N-dealkylation sites (tertiary alicyclic amines) is 1. The maximum atomic E-state index is 13.3. The molecule has 240 valence electrons. The summed E-state index contributed by atoms with van der Waals surface area (Å²) in [6.45, 7) is 6.24. The molecule has 0 spiro atoms. The summed E-state index contributed by atoms with van der Waals surface area (Å²) in [4.78, 5) is 41.2. The molecule has 3 aromatic carbocycles. The highest BCUT2D eigenvalue weighted by Crippen LogP contribution is 2.31. The van der Waals surface area contributed by atoms with Crippen LogP contribution in [0.1, 0.15) is 56.7 Å². The van der Waals surface area contributed by atoms with Crippen molar-refractivity contribution in [3.8, 4) is 5.75 Å². The third-order valence-electron chi connectivity index (χ3n) is 7.58. The Balaban J connectivity index is 1.40. The van der Waals surface area contributed by atoms with E-state index in [0.29, 0.717) is 40.7 Å². The highest BCUT2D eigenvalue weighted by atomic mass is 35.5. The molecule has 3 aromatic rings. The number of carbonyl (C=O) groups excluding carboxylic acids is 3. The number of nitrogens with zero attached hydrogens (tertiary/aromatic N) is 1. The van der Waals surface area contributed by atoms with Crippen LogP contribution >= 0.6 is 23.2 Å². The van der Waals surface area contributed by atoms with E-state index in [2.05, 4.69) is 5.32 Å². The number of amides is 1. The van der Waals surface area contributed by atoms with Crippen molar-refractivity contribution in [2.24, 2.45) is 0 Å². The van der Waals surface area contributed by atoms with Gasteiger partial charge in [0.05, 0.1) is 7.11 Å². The summed E-state index contributed by atoms with van der Waals surface area (Å²) in [5.74, 6) is -0.532. The Morgan fingerprint density at radius 2 is 1.58 bits per heavy atom. The van der Waals surface area contributed by atoms with Gasteiger partial charge in [-0.15, -0.1) is 0 Å². The number of carbonyl (C=O) groups is 3. The summed E-state index contributed by atoms with van der Waals surface area (Å²) >= 11 is 12.5. The molecule has 1 saturated heterocycles. The van der Waals surface area contributed by atoms with E-state index in [1.165, 1.54) is 7.11 Å². The van der Waals surface area contributed by atoms with Crippen molar-refractivity contribution in [1.29, 1.82) is 0 Å². The van der Waals surface area contributed by atoms with Crippen LogP contribution in [0.5, 0.6) is 5.75 Å². The number of halogens is 2. The molecule has 1 amide bonds. The van der Waals surface area contributed by atoms with Gasteiger partial charge in [-0.05, 0) is 69.0 Å². The maximum Gasteiger partial charge on any atom is 0.328 e. The first-order valence-electron chi connectivity index (χ1n) is 15.0. The Morgan fingerprint density at radius 3 is 2.20 bits per heavy atom. The summed E-state index contributed by atoms with van der Waals surface area (Å²) in [5.41, 5.74) is 1.92. The number of benzene rings is 3. The van der Waals surface area contributed by atoms with E-state index in [1.807, 2.05) is 68.1 Å². The Hall–Kier alpha value is -3.59. The van der Waals surface area contributed by atoms with Crippen LogP contribution in [-0.2, 0) is 43.4 Å². The first-order valence-corrected chi connectivity index (χ1v) is 15.7. The maximum absolute atomic E-state index is 13.3. The number of nitrogens with one attached hydrogen (secondary N) is 1. The minimum absolute atomic E-state index is 0.122. The van der Waals surface area contributed by atoms with Crippen LogP contribution in [0.3, 0.4) is 0 Å². The standard InChI is InChI=1S/C35H40Cl2N2O6/c1-35(2,3)45-34(42)31-18-15-25(39(31)21-24-9-6-5-7-10-24)20-32(40)38-30(33(41)43-4)19-23-13-16-26(17-14-23)44-22-27-28(36)11-8-12-29(27)37/h5-14,16-17,25,30-31H,15,18-22H2,1-4H3,(H,38,40). The zero-order valence-electron chi connectivity index (χ0n) is 26.1. The number of ether oxygens (including phenoxy) is 3. The third kappa shape index (κ3) is 9.95. The zero-order chi connectivity index (χ0) is 32.6. The minimum atomic E-state index is -0.887. The highest BCUT2D eigenvalue weighted by molar-refractivity contribution is 6.35. The molecule has 3 unspecified atom stereocenters. The van der Waals surface area contributed by atoms with Crippen molar-refractivity contribution in [1.82, 2.24) is 10.2 Å². The highest BCUT2D eigenvalue weighted by Gasteiger charge is 2.41. The predicted octanol–water partition coefficient (Wildman–Crippen LogP) is 6.54. The van der Waals surface area contributed by atoms with Gasteiger partial charge in [0.2, 0.25) is 5.91 Å². The van der Waals surface area contributed by atoms with Crippen molar-refractivity contribution in [3.63, 3.8) is 0 Å². The third-order valence-corrected chi connectivity index (χ3v) is 8.29. The van der Waals surface area contributed by atoms with Gasteiger partial charge in [-0.25, -0.2) is 4.79 Å². The van der Waals surface area contributed by atoms with Crippen molar-refractivity contribution >= 4 is 41.0 Å². The van der Waals surface area contributed by atoms with Gasteiger partial charge in [-0.2, -0.15) is 0 Å². The average molecular weight is 656 g/mol. The van der Waals surface area contributed by atoms with Crippen LogP contribution in [0.25, 0.3) is 0 Å². The lowest BCUT2D eigenvalue weighted by atomic mass is 10.0. The second-order valence-electron chi connectivity index (χ2n) is 12.1. The van der Waals surface area contributed by atoms with Gasteiger partial charge in [0.1, 0.15) is 30.0 Å². The van der Waals surface area contributed by atoms with Crippen LogP contribution in [0, 0.1) is 0 Å². The lowest BCUT2D eigenvalue weighted by Gasteiger charge is -2.31. The molecule has 45 heavy (non-hydrogen) atoms. The Morgan fingerprint density at radius 1 is 0.911 bits per heavy atom. The summed E-state index contributed by atoms with van der Waals surface area (Å²) < 4.78 is 16.6. The molecule has 0 bridgehead atoms. The van der Waals surface area contributed by atoms with E-state index in [-0.39, 0.29) is 37.4 Å². The number of hydrogen-bond acceptors (Lipinski definition) is 7. The molecule has 3 atom stereocenters. The predicted molar refractivity (Wildman–Crippen MR) is 174 cm³/mol. The molecule has 1 N–H and O–H groups in total. The summed E-state index contributed by atoms with van der Waals surface area (Å²) in [7, 11) is 1.29. The molecule has 1 aliphatic rings.